The largest absolute Gasteiger partial charge is 0.484 e. The van der Waals surface area contributed by atoms with E-state index in [2.05, 4.69) is 0 Å². The number of primary amides is 1. The molecule has 0 aliphatic rings. The van der Waals surface area contributed by atoms with Gasteiger partial charge in [0.25, 0.3) is 5.91 Å². The Morgan fingerprint density at radius 3 is 2.48 bits per heavy atom. The Bertz CT molecular complexity index is 753. The summed E-state index contributed by atoms with van der Waals surface area (Å²) in [6.07, 6.45) is 0. The fraction of sp³-hybridized carbons (Fsp3) is 0.176. The van der Waals surface area contributed by atoms with Gasteiger partial charge in [-0.25, -0.2) is 4.79 Å². The molecular formula is C17H15Cl2NO4S. The van der Waals surface area contributed by atoms with Crippen molar-refractivity contribution in [1.29, 1.82) is 0 Å². The van der Waals surface area contributed by atoms with Crippen molar-refractivity contribution in [3.8, 4) is 5.75 Å². The Kier molecular flexibility index (Phi) is 7.43. The zero-order chi connectivity index (χ0) is 18.2. The standard InChI is InChI=1S/C17H15Cl2NO4S/c18-12-3-6-14(19)15(9-12)25-8-7-23-17(22)11-1-4-13(5-2-11)24-10-16(20)21/h1-6,9H,7-8,10H2,(H2,20,21). The predicted molar refractivity (Wildman–Crippen MR) is 98.6 cm³/mol. The van der Waals surface area contributed by atoms with Gasteiger partial charge in [0.15, 0.2) is 6.61 Å². The summed E-state index contributed by atoms with van der Waals surface area (Å²) in [5, 5.41) is 1.20. The minimum atomic E-state index is -0.569. The van der Waals surface area contributed by atoms with Crippen LogP contribution in [0.15, 0.2) is 47.4 Å². The van der Waals surface area contributed by atoms with Crippen LogP contribution in [0.3, 0.4) is 0 Å². The molecule has 0 spiro atoms. The summed E-state index contributed by atoms with van der Waals surface area (Å²) in [7, 11) is 0. The van der Waals surface area contributed by atoms with Crippen molar-refractivity contribution in [3.05, 3.63) is 58.1 Å². The predicted octanol–water partition coefficient (Wildman–Crippen LogP) is 3.81. The van der Waals surface area contributed by atoms with Crippen molar-refractivity contribution in [1.82, 2.24) is 0 Å². The molecule has 25 heavy (non-hydrogen) atoms. The first kappa shape index (κ1) is 19.4. The van der Waals surface area contributed by atoms with E-state index < -0.39 is 11.9 Å². The van der Waals surface area contributed by atoms with Gasteiger partial charge in [0.2, 0.25) is 0 Å². The fourth-order valence-corrected chi connectivity index (χ4v) is 3.12. The number of halogens is 2. The first-order chi connectivity index (χ1) is 12.0. The van der Waals surface area contributed by atoms with Gasteiger partial charge in [-0.15, -0.1) is 11.8 Å². The van der Waals surface area contributed by atoms with E-state index >= 15 is 0 Å². The van der Waals surface area contributed by atoms with Crippen LogP contribution in [0.4, 0.5) is 0 Å². The van der Waals surface area contributed by atoms with Gasteiger partial charge >= 0.3 is 5.97 Å². The van der Waals surface area contributed by atoms with Gasteiger partial charge in [-0.2, -0.15) is 0 Å². The van der Waals surface area contributed by atoms with Gasteiger partial charge in [0.05, 0.1) is 10.6 Å². The highest BCUT2D eigenvalue weighted by Gasteiger charge is 2.08. The average Bonchev–Trinajstić information content (AvgIpc) is 2.60. The minimum absolute atomic E-state index is 0.215. The molecule has 0 heterocycles. The number of esters is 1. The summed E-state index contributed by atoms with van der Waals surface area (Å²) in [4.78, 5) is 23.4. The Balaban J connectivity index is 1.78. The number of thioether (sulfide) groups is 1. The fourth-order valence-electron chi connectivity index (χ4n) is 1.80. The molecule has 8 heteroatoms. The zero-order valence-electron chi connectivity index (χ0n) is 13.0. The van der Waals surface area contributed by atoms with Gasteiger partial charge in [0, 0.05) is 15.7 Å². The van der Waals surface area contributed by atoms with Crippen LogP contribution < -0.4 is 10.5 Å². The summed E-state index contributed by atoms with van der Waals surface area (Å²) in [5.74, 6) is -0.0208. The maximum absolute atomic E-state index is 12.0. The van der Waals surface area contributed by atoms with Crippen LogP contribution in [0, 0.1) is 0 Å². The summed E-state index contributed by atoms with van der Waals surface area (Å²) >= 11 is 13.4. The Morgan fingerprint density at radius 1 is 1.08 bits per heavy atom. The zero-order valence-corrected chi connectivity index (χ0v) is 15.4. The van der Waals surface area contributed by atoms with E-state index in [1.54, 1.807) is 42.5 Å². The molecule has 0 aliphatic heterocycles. The smallest absolute Gasteiger partial charge is 0.338 e. The number of rotatable bonds is 8. The van der Waals surface area contributed by atoms with Crippen LogP contribution >= 0.6 is 35.0 Å². The molecule has 5 nitrogen and oxygen atoms in total. The van der Waals surface area contributed by atoms with E-state index in [-0.39, 0.29) is 13.2 Å². The molecule has 132 valence electrons. The van der Waals surface area contributed by atoms with Crippen LogP contribution in [0.25, 0.3) is 0 Å². The van der Waals surface area contributed by atoms with E-state index in [0.29, 0.717) is 27.1 Å². The minimum Gasteiger partial charge on any atom is -0.484 e. The summed E-state index contributed by atoms with van der Waals surface area (Å²) < 4.78 is 10.3. The molecule has 0 aromatic heterocycles. The number of nitrogens with two attached hydrogens (primary N) is 1. The molecule has 2 rings (SSSR count). The molecule has 2 N–H and O–H groups in total. The maximum atomic E-state index is 12.0. The SMILES string of the molecule is NC(=O)COc1ccc(C(=O)OCCSc2cc(Cl)ccc2Cl)cc1. The van der Waals surface area contributed by atoms with Crippen molar-refractivity contribution in [2.24, 2.45) is 5.73 Å². The Hall–Kier alpha value is -1.89. The first-order valence-electron chi connectivity index (χ1n) is 7.22. The molecule has 2 aromatic carbocycles. The Morgan fingerprint density at radius 2 is 1.80 bits per heavy atom. The number of carbonyl (C=O) groups excluding carboxylic acids is 2. The van der Waals surface area contributed by atoms with Gasteiger partial charge < -0.3 is 15.2 Å². The maximum Gasteiger partial charge on any atom is 0.338 e. The first-order valence-corrected chi connectivity index (χ1v) is 8.96. The third kappa shape index (κ3) is 6.49. The lowest BCUT2D eigenvalue weighted by molar-refractivity contribution is -0.119. The molecule has 0 aliphatic carbocycles. The van der Waals surface area contributed by atoms with Crippen LogP contribution in [0.1, 0.15) is 10.4 Å². The van der Waals surface area contributed by atoms with Crippen LogP contribution in [-0.4, -0.2) is 30.8 Å². The van der Waals surface area contributed by atoms with Crippen molar-refractivity contribution < 1.29 is 19.1 Å². The van der Waals surface area contributed by atoms with E-state index in [9.17, 15) is 9.59 Å². The number of amides is 1. The number of hydrogen-bond acceptors (Lipinski definition) is 5. The van der Waals surface area contributed by atoms with Crippen molar-refractivity contribution in [2.45, 2.75) is 4.90 Å². The van der Waals surface area contributed by atoms with Crippen LogP contribution in [0.5, 0.6) is 5.75 Å². The second-order valence-electron chi connectivity index (χ2n) is 4.84. The van der Waals surface area contributed by atoms with Gasteiger partial charge in [-0.05, 0) is 42.5 Å². The molecule has 0 fully saturated rings. The van der Waals surface area contributed by atoms with Crippen molar-refractivity contribution in [3.63, 3.8) is 0 Å². The van der Waals surface area contributed by atoms with E-state index in [1.807, 2.05) is 0 Å². The van der Waals surface area contributed by atoms with Gasteiger partial charge in [-0.3, -0.25) is 4.79 Å². The van der Waals surface area contributed by atoms with E-state index in [0.717, 1.165) is 4.90 Å². The third-order valence-corrected chi connectivity index (χ3v) is 4.63. The molecule has 2 aromatic rings. The lowest BCUT2D eigenvalue weighted by Crippen LogP contribution is -2.20. The van der Waals surface area contributed by atoms with Crippen molar-refractivity contribution in [2.75, 3.05) is 19.0 Å². The molecule has 0 saturated heterocycles. The topological polar surface area (TPSA) is 78.6 Å². The Labute approximate surface area is 159 Å². The quantitative estimate of drug-likeness (QED) is 0.414. The molecule has 1 amide bonds. The van der Waals surface area contributed by atoms with Gasteiger partial charge in [-0.1, -0.05) is 23.2 Å². The lowest BCUT2D eigenvalue weighted by atomic mass is 10.2. The number of benzene rings is 2. The molecular weight excluding hydrogens is 385 g/mol. The molecule has 0 unspecified atom stereocenters. The normalized spacial score (nSPS) is 10.3. The second kappa shape index (κ2) is 9.56. The van der Waals surface area contributed by atoms with Gasteiger partial charge in [0.1, 0.15) is 12.4 Å². The average molecular weight is 400 g/mol. The third-order valence-electron chi connectivity index (χ3n) is 2.94. The molecule has 0 bridgehead atoms. The summed E-state index contributed by atoms with van der Waals surface area (Å²) in [6.45, 7) is 0.0132. The van der Waals surface area contributed by atoms with E-state index in [4.69, 9.17) is 38.4 Å². The highest BCUT2D eigenvalue weighted by Crippen LogP contribution is 2.29. The number of ether oxygens (including phenoxy) is 2. The van der Waals surface area contributed by atoms with Crippen LogP contribution in [0.2, 0.25) is 10.0 Å². The van der Waals surface area contributed by atoms with Crippen LogP contribution in [-0.2, 0) is 9.53 Å². The van der Waals surface area contributed by atoms with Crippen molar-refractivity contribution >= 4 is 46.8 Å². The highest BCUT2D eigenvalue weighted by atomic mass is 35.5. The molecule has 0 radical (unpaired) electrons. The highest BCUT2D eigenvalue weighted by molar-refractivity contribution is 7.99. The lowest BCUT2D eigenvalue weighted by Gasteiger charge is -2.07. The summed E-state index contributed by atoms with van der Waals surface area (Å²) in [6, 6.07) is 11.4. The summed E-state index contributed by atoms with van der Waals surface area (Å²) in [5.41, 5.74) is 5.38. The molecule has 0 atom stereocenters. The number of hydrogen-bond donors (Lipinski definition) is 1. The second-order valence-corrected chi connectivity index (χ2v) is 6.82. The van der Waals surface area contributed by atoms with E-state index in [1.165, 1.54) is 11.8 Å². The monoisotopic (exact) mass is 399 g/mol. The number of carbonyl (C=O) groups is 2. The molecule has 0 saturated carbocycles.